The van der Waals surface area contributed by atoms with Crippen LogP contribution in [0.25, 0.3) is 0 Å². The van der Waals surface area contributed by atoms with E-state index in [2.05, 4.69) is 20.8 Å². The molecule has 0 nitrogen and oxygen atoms in total. The van der Waals surface area contributed by atoms with Crippen LogP contribution in [0.4, 0.5) is 4.39 Å². The van der Waals surface area contributed by atoms with Crippen LogP contribution in [0.15, 0.2) is 24.3 Å². The third-order valence-corrected chi connectivity index (χ3v) is 2.98. The maximum atomic E-state index is 12.9. The van der Waals surface area contributed by atoms with Crippen LogP contribution in [-0.4, -0.2) is 0 Å². The highest BCUT2D eigenvalue weighted by Crippen LogP contribution is 2.19. The predicted octanol–water partition coefficient (Wildman–Crippen LogP) is 4.40. The molecule has 1 aromatic rings. The molecule has 83 valence electrons. The molecule has 1 radical (unpaired) electrons. The molecular formula is C14H20F. The van der Waals surface area contributed by atoms with Crippen LogP contribution in [0.3, 0.4) is 0 Å². The van der Waals surface area contributed by atoms with Crippen LogP contribution < -0.4 is 0 Å². The van der Waals surface area contributed by atoms with Gasteiger partial charge in [0.05, 0.1) is 0 Å². The van der Waals surface area contributed by atoms with Gasteiger partial charge in [0.2, 0.25) is 0 Å². The van der Waals surface area contributed by atoms with Gasteiger partial charge in [-0.25, -0.2) is 4.39 Å². The van der Waals surface area contributed by atoms with Gasteiger partial charge in [0.1, 0.15) is 5.82 Å². The minimum absolute atomic E-state index is 0.126. The molecule has 0 aliphatic carbocycles. The van der Waals surface area contributed by atoms with Gasteiger partial charge in [-0.1, -0.05) is 32.9 Å². The highest BCUT2D eigenvalue weighted by atomic mass is 19.1. The molecule has 0 spiro atoms. The second-order valence-electron chi connectivity index (χ2n) is 4.50. The van der Waals surface area contributed by atoms with Gasteiger partial charge in [-0.15, -0.1) is 0 Å². The molecule has 1 aromatic carbocycles. The SMILES string of the molecule is C[C](C)C(C)CCCc1cccc(F)c1. The first kappa shape index (κ1) is 12.2. The molecule has 0 fully saturated rings. The van der Waals surface area contributed by atoms with Crippen molar-refractivity contribution in [2.45, 2.75) is 40.0 Å². The summed E-state index contributed by atoms with van der Waals surface area (Å²) in [6.07, 6.45) is 3.31. The number of aryl methyl sites for hydroxylation is 1. The summed E-state index contributed by atoms with van der Waals surface area (Å²) in [6, 6.07) is 6.91. The van der Waals surface area contributed by atoms with Gasteiger partial charge in [0.25, 0.3) is 0 Å². The molecule has 0 saturated carbocycles. The third-order valence-electron chi connectivity index (χ3n) is 2.98. The third kappa shape index (κ3) is 4.46. The first-order valence-electron chi connectivity index (χ1n) is 5.64. The molecule has 0 N–H and O–H groups in total. The maximum absolute atomic E-state index is 12.9. The smallest absolute Gasteiger partial charge is 0.123 e. The lowest BCUT2D eigenvalue weighted by atomic mass is 9.92. The van der Waals surface area contributed by atoms with Gasteiger partial charge < -0.3 is 0 Å². The van der Waals surface area contributed by atoms with E-state index in [0.29, 0.717) is 5.92 Å². The van der Waals surface area contributed by atoms with Crippen LogP contribution in [0, 0.1) is 17.7 Å². The van der Waals surface area contributed by atoms with Crippen molar-refractivity contribution in [1.29, 1.82) is 0 Å². The predicted molar refractivity (Wildman–Crippen MR) is 63.1 cm³/mol. The number of hydrogen-bond acceptors (Lipinski definition) is 0. The highest BCUT2D eigenvalue weighted by molar-refractivity contribution is 5.16. The Morgan fingerprint density at radius 2 is 2.07 bits per heavy atom. The van der Waals surface area contributed by atoms with Gasteiger partial charge in [0.15, 0.2) is 0 Å². The maximum Gasteiger partial charge on any atom is 0.123 e. The van der Waals surface area contributed by atoms with Crippen LogP contribution in [0.1, 0.15) is 39.2 Å². The van der Waals surface area contributed by atoms with Crippen LogP contribution in [0.2, 0.25) is 0 Å². The van der Waals surface area contributed by atoms with Gasteiger partial charge in [0, 0.05) is 0 Å². The monoisotopic (exact) mass is 207 g/mol. The molecule has 0 aromatic heterocycles. The standard InChI is InChI=1S/C14H20F/c1-11(2)12(3)6-4-7-13-8-5-9-14(15)10-13/h5,8-10,12H,4,6-7H2,1-3H3. The molecule has 1 heteroatoms. The molecule has 0 aliphatic heterocycles. The average Bonchev–Trinajstić information content (AvgIpc) is 2.17. The molecule has 0 bridgehead atoms. The summed E-state index contributed by atoms with van der Waals surface area (Å²) in [7, 11) is 0. The quantitative estimate of drug-likeness (QED) is 0.671. The second-order valence-corrected chi connectivity index (χ2v) is 4.50. The lowest BCUT2D eigenvalue weighted by Crippen LogP contribution is -2.02. The van der Waals surface area contributed by atoms with Crippen molar-refractivity contribution in [3.05, 3.63) is 41.6 Å². The fourth-order valence-corrected chi connectivity index (χ4v) is 1.59. The van der Waals surface area contributed by atoms with Crippen molar-refractivity contribution in [2.24, 2.45) is 5.92 Å². The van der Waals surface area contributed by atoms with E-state index in [9.17, 15) is 4.39 Å². The lowest BCUT2D eigenvalue weighted by Gasteiger charge is -2.14. The molecule has 0 amide bonds. The largest absolute Gasteiger partial charge is 0.207 e. The normalized spacial score (nSPS) is 13.1. The Bertz CT molecular complexity index is 291. The summed E-state index contributed by atoms with van der Waals surface area (Å²) >= 11 is 0. The van der Waals surface area contributed by atoms with Crippen molar-refractivity contribution >= 4 is 0 Å². The van der Waals surface area contributed by atoms with E-state index >= 15 is 0 Å². The van der Waals surface area contributed by atoms with Crippen molar-refractivity contribution < 1.29 is 4.39 Å². The Kier molecular flexibility index (Phi) is 4.80. The van der Waals surface area contributed by atoms with Gasteiger partial charge in [-0.2, -0.15) is 0 Å². The fourth-order valence-electron chi connectivity index (χ4n) is 1.59. The number of hydrogen-bond donors (Lipinski definition) is 0. The van der Waals surface area contributed by atoms with E-state index in [4.69, 9.17) is 0 Å². The topological polar surface area (TPSA) is 0 Å². The minimum Gasteiger partial charge on any atom is -0.207 e. The number of benzene rings is 1. The summed E-state index contributed by atoms with van der Waals surface area (Å²) in [5.74, 6) is 2.03. The molecule has 1 rings (SSSR count). The Morgan fingerprint density at radius 3 is 2.67 bits per heavy atom. The summed E-state index contributed by atoms with van der Waals surface area (Å²) in [5, 5.41) is 0. The Balaban J connectivity index is 2.32. The van der Waals surface area contributed by atoms with Gasteiger partial charge >= 0.3 is 0 Å². The number of rotatable bonds is 5. The van der Waals surface area contributed by atoms with Crippen molar-refractivity contribution in [3.63, 3.8) is 0 Å². The molecule has 1 unspecified atom stereocenters. The zero-order valence-corrected chi connectivity index (χ0v) is 9.89. The summed E-state index contributed by atoms with van der Waals surface area (Å²) < 4.78 is 12.9. The van der Waals surface area contributed by atoms with E-state index < -0.39 is 0 Å². The number of halogens is 1. The molecule has 1 atom stereocenters. The second kappa shape index (κ2) is 5.89. The van der Waals surface area contributed by atoms with Crippen molar-refractivity contribution in [1.82, 2.24) is 0 Å². The Labute approximate surface area is 92.5 Å². The van der Waals surface area contributed by atoms with Gasteiger partial charge in [-0.05, 0) is 48.8 Å². The van der Waals surface area contributed by atoms with E-state index in [1.807, 2.05) is 6.07 Å². The van der Waals surface area contributed by atoms with Gasteiger partial charge in [-0.3, -0.25) is 0 Å². The van der Waals surface area contributed by atoms with Crippen LogP contribution >= 0.6 is 0 Å². The molecule has 0 aliphatic rings. The molecular weight excluding hydrogens is 187 g/mol. The van der Waals surface area contributed by atoms with Crippen molar-refractivity contribution in [2.75, 3.05) is 0 Å². The molecule has 0 heterocycles. The van der Waals surface area contributed by atoms with Crippen LogP contribution in [-0.2, 0) is 6.42 Å². The first-order chi connectivity index (χ1) is 7.09. The van der Waals surface area contributed by atoms with E-state index in [1.54, 1.807) is 12.1 Å². The van der Waals surface area contributed by atoms with Crippen LogP contribution in [0.5, 0.6) is 0 Å². The molecule has 15 heavy (non-hydrogen) atoms. The van der Waals surface area contributed by atoms with E-state index in [-0.39, 0.29) is 5.82 Å². The average molecular weight is 207 g/mol. The zero-order chi connectivity index (χ0) is 11.3. The Morgan fingerprint density at radius 1 is 1.33 bits per heavy atom. The summed E-state index contributed by atoms with van der Waals surface area (Å²) in [4.78, 5) is 0. The zero-order valence-electron chi connectivity index (χ0n) is 9.89. The molecule has 0 saturated heterocycles. The first-order valence-corrected chi connectivity index (χ1v) is 5.64. The van der Waals surface area contributed by atoms with Crippen molar-refractivity contribution in [3.8, 4) is 0 Å². The highest BCUT2D eigenvalue weighted by Gasteiger charge is 2.06. The lowest BCUT2D eigenvalue weighted by molar-refractivity contribution is 0.526. The van der Waals surface area contributed by atoms with E-state index in [0.717, 1.165) is 18.4 Å². The Hall–Kier alpha value is -0.850. The summed E-state index contributed by atoms with van der Waals surface area (Å²) in [6.45, 7) is 6.60. The fraction of sp³-hybridized carbons (Fsp3) is 0.500. The van der Waals surface area contributed by atoms with E-state index in [1.165, 1.54) is 18.4 Å². The minimum atomic E-state index is -0.126. The summed E-state index contributed by atoms with van der Waals surface area (Å²) in [5.41, 5.74) is 1.11.